The summed E-state index contributed by atoms with van der Waals surface area (Å²) in [6.07, 6.45) is -2.53. The molecule has 3 heterocycles. The van der Waals surface area contributed by atoms with Crippen LogP contribution in [0.3, 0.4) is 0 Å². The third-order valence-corrected chi connectivity index (χ3v) is 8.45. The maximum atomic E-state index is 13.5. The van der Waals surface area contributed by atoms with Gasteiger partial charge in [-0.2, -0.15) is 13.2 Å². The second-order valence-electron chi connectivity index (χ2n) is 9.40. The van der Waals surface area contributed by atoms with Gasteiger partial charge in [0.1, 0.15) is 5.01 Å². The summed E-state index contributed by atoms with van der Waals surface area (Å²) < 4.78 is 65.9. The largest absolute Gasteiger partial charge is 0.433 e. The average Bonchev–Trinajstić information content (AvgIpc) is 3.28. The van der Waals surface area contributed by atoms with E-state index in [1.165, 1.54) is 11.3 Å². The molecule has 4 rings (SSSR count). The first kappa shape index (κ1) is 27.3. The smallest absolute Gasteiger partial charge is 0.392 e. The number of aliphatic hydroxyl groups is 1. The van der Waals surface area contributed by atoms with Crippen molar-refractivity contribution in [2.75, 3.05) is 35.7 Å². The number of benzene rings is 1. The molecule has 2 aromatic heterocycles. The van der Waals surface area contributed by atoms with E-state index in [4.69, 9.17) is 0 Å². The molecule has 1 aromatic carbocycles. The van der Waals surface area contributed by atoms with Gasteiger partial charge in [0.25, 0.3) is 0 Å². The highest BCUT2D eigenvalue weighted by Gasteiger charge is 2.38. The van der Waals surface area contributed by atoms with Crippen LogP contribution in [0.5, 0.6) is 0 Å². The van der Waals surface area contributed by atoms with Crippen LogP contribution in [0.4, 0.5) is 24.8 Å². The van der Waals surface area contributed by atoms with Crippen molar-refractivity contribution >= 4 is 32.8 Å². The van der Waals surface area contributed by atoms with Crippen molar-refractivity contribution < 1.29 is 26.7 Å². The minimum absolute atomic E-state index is 0.0326. The molecule has 37 heavy (non-hydrogen) atoms. The van der Waals surface area contributed by atoms with Crippen molar-refractivity contribution in [2.45, 2.75) is 44.5 Å². The minimum atomic E-state index is -4.72. The van der Waals surface area contributed by atoms with Gasteiger partial charge in [-0.15, -0.1) is 11.3 Å². The summed E-state index contributed by atoms with van der Waals surface area (Å²) in [7, 11) is -3.56. The third kappa shape index (κ3) is 5.73. The highest BCUT2D eigenvalue weighted by Crippen LogP contribution is 2.36. The lowest BCUT2D eigenvalue weighted by Crippen LogP contribution is -2.56. The van der Waals surface area contributed by atoms with E-state index >= 15 is 0 Å². The van der Waals surface area contributed by atoms with Crippen molar-refractivity contribution in [2.24, 2.45) is 5.92 Å². The van der Waals surface area contributed by atoms with Crippen LogP contribution in [0.25, 0.3) is 10.6 Å². The Bertz CT molecular complexity index is 1390. The van der Waals surface area contributed by atoms with Gasteiger partial charge in [0.15, 0.2) is 15.5 Å². The molecule has 0 aliphatic carbocycles. The highest BCUT2D eigenvalue weighted by atomic mass is 32.2. The van der Waals surface area contributed by atoms with Crippen LogP contribution in [-0.4, -0.2) is 60.4 Å². The van der Waals surface area contributed by atoms with Crippen LogP contribution >= 0.6 is 11.3 Å². The van der Waals surface area contributed by atoms with E-state index in [1.54, 1.807) is 17.0 Å². The number of thiazole rings is 1. The van der Waals surface area contributed by atoms with Gasteiger partial charge in [-0.25, -0.2) is 23.4 Å². The first-order valence-corrected chi connectivity index (χ1v) is 14.4. The van der Waals surface area contributed by atoms with Gasteiger partial charge in [-0.1, -0.05) is 13.8 Å². The van der Waals surface area contributed by atoms with Crippen molar-refractivity contribution in [3.63, 3.8) is 0 Å². The van der Waals surface area contributed by atoms with Gasteiger partial charge in [0.2, 0.25) is 5.95 Å². The van der Waals surface area contributed by atoms with E-state index in [-0.39, 0.29) is 28.4 Å². The van der Waals surface area contributed by atoms with Crippen molar-refractivity contribution in [1.82, 2.24) is 15.0 Å². The summed E-state index contributed by atoms with van der Waals surface area (Å²) >= 11 is 1.38. The Labute approximate surface area is 217 Å². The van der Waals surface area contributed by atoms with Crippen LogP contribution in [0.15, 0.2) is 34.7 Å². The zero-order valence-corrected chi connectivity index (χ0v) is 22.5. The lowest BCUT2D eigenvalue weighted by atomic mass is 9.99. The Hall–Kier alpha value is -2.77. The molecule has 13 heteroatoms. The number of halogens is 3. The van der Waals surface area contributed by atoms with Crippen LogP contribution in [0.1, 0.15) is 30.8 Å². The summed E-state index contributed by atoms with van der Waals surface area (Å²) in [6.45, 7) is 6.15. The molecule has 1 fully saturated rings. The van der Waals surface area contributed by atoms with Crippen molar-refractivity contribution in [1.29, 1.82) is 0 Å². The van der Waals surface area contributed by atoms with E-state index in [0.29, 0.717) is 35.9 Å². The van der Waals surface area contributed by atoms with Gasteiger partial charge >= 0.3 is 6.18 Å². The lowest BCUT2D eigenvalue weighted by molar-refractivity contribution is -0.142. The molecule has 1 saturated heterocycles. The highest BCUT2D eigenvalue weighted by molar-refractivity contribution is 7.90. The Morgan fingerprint density at radius 3 is 2.51 bits per heavy atom. The number of piperazine rings is 1. The minimum Gasteiger partial charge on any atom is -0.392 e. The molecular weight excluding hydrogens is 527 g/mol. The number of aryl methyl sites for hydroxylation is 1. The summed E-state index contributed by atoms with van der Waals surface area (Å²) in [5.74, 6) is -0.0145. The zero-order chi connectivity index (χ0) is 27.1. The molecule has 0 amide bonds. The van der Waals surface area contributed by atoms with Gasteiger partial charge in [0, 0.05) is 60.0 Å². The second-order valence-corrected chi connectivity index (χ2v) is 12.2. The second kappa shape index (κ2) is 10.2. The Balaban J connectivity index is 1.67. The summed E-state index contributed by atoms with van der Waals surface area (Å²) in [4.78, 5) is 16.3. The van der Waals surface area contributed by atoms with Crippen molar-refractivity contribution in [3.8, 4) is 10.6 Å². The Morgan fingerprint density at radius 2 is 1.95 bits per heavy atom. The van der Waals surface area contributed by atoms with Gasteiger partial charge in [-0.3, -0.25) is 0 Å². The van der Waals surface area contributed by atoms with Gasteiger partial charge in [0.05, 0.1) is 17.5 Å². The first-order chi connectivity index (χ1) is 17.3. The molecule has 1 aliphatic rings. The van der Waals surface area contributed by atoms with Crippen molar-refractivity contribution in [3.05, 3.63) is 46.7 Å². The first-order valence-electron chi connectivity index (χ1n) is 11.6. The lowest BCUT2D eigenvalue weighted by Gasteiger charge is -2.44. The third-order valence-electron chi connectivity index (χ3n) is 6.31. The van der Waals surface area contributed by atoms with Crippen LogP contribution in [-0.2, 0) is 22.6 Å². The Morgan fingerprint density at radius 1 is 1.22 bits per heavy atom. The van der Waals surface area contributed by atoms with Crippen LogP contribution < -0.4 is 9.80 Å². The van der Waals surface area contributed by atoms with Crippen LogP contribution in [0.2, 0.25) is 0 Å². The molecule has 1 aliphatic heterocycles. The molecule has 8 nitrogen and oxygen atoms in total. The molecule has 0 radical (unpaired) electrons. The molecule has 1 atom stereocenters. The monoisotopic (exact) mass is 555 g/mol. The fraction of sp³-hybridized carbons (Fsp3) is 0.458. The molecular formula is C24H28F3N5O3S2. The number of alkyl halides is 3. The van der Waals surface area contributed by atoms with Crippen LogP contribution in [0, 0.1) is 12.8 Å². The molecule has 1 N–H and O–H groups in total. The van der Waals surface area contributed by atoms with E-state index in [2.05, 4.69) is 15.0 Å². The predicted octanol–water partition coefficient (Wildman–Crippen LogP) is 4.17. The van der Waals surface area contributed by atoms with E-state index in [1.807, 2.05) is 37.1 Å². The maximum absolute atomic E-state index is 13.5. The van der Waals surface area contributed by atoms with E-state index in [9.17, 15) is 26.7 Å². The predicted molar refractivity (Wildman–Crippen MR) is 137 cm³/mol. The number of hydrogen-bond acceptors (Lipinski definition) is 9. The molecule has 0 spiro atoms. The number of anilines is 2. The topological polar surface area (TPSA) is 99.5 Å². The van der Waals surface area contributed by atoms with Gasteiger partial charge in [-0.05, 0) is 31.0 Å². The standard InChI is InChI=1S/C24H28F3N5O3S2/c1-14(2)19-11-31(7-8-32(19)23-28-10-16(12-33)21(30-23)24(25,26)27)17-5-6-18(20(9-17)37(4,34)35)22-29-15(3)13-36-22/h5-6,9-10,13-14,19,33H,7-8,11-12H2,1-4H3. The van der Waals surface area contributed by atoms with E-state index < -0.39 is 28.3 Å². The normalized spacial score (nSPS) is 17.1. The zero-order valence-electron chi connectivity index (χ0n) is 20.8. The fourth-order valence-electron chi connectivity index (χ4n) is 4.43. The number of rotatable bonds is 6. The quantitative estimate of drug-likeness (QED) is 0.484. The number of aromatic nitrogens is 3. The number of sulfone groups is 1. The summed E-state index contributed by atoms with van der Waals surface area (Å²) in [5, 5.41) is 11.8. The fourth-order valence-corrected chi connectivity index (χ4v) is 6.23. The SMILES string of the molecule is Cc1csc(-c2ccc(N3CCN(c4ncc(CO)c(C(F)(F)F)n4)C(C(C)C)C3)cc2S(C)(=O)=O)n1. The Kier molecular flexibility index (Phi) is 7.50. The molecule has 0 bridgehead atoms. The number of hydrogen-bond donors (Lipinski definition) is 1. The number of nitrogens with zero attached hydrogens (tertiary/aromatic N) is 5. The molecule has 3 aromatic rings. The number of aliphatic hydroxyl groups excluding tert-OH is 1. The van der Waals surface area contributed by atoms with E-state index in [0.717, 1.165) is 18.1 Å². The average molecular weight is 556 g/mol. The summed E-state index contributed by atoms with van der Waals surface area (Å²) in [5.41, 5.74) is 0.536. The van der Waals surface area contributed by atoms with Gasteiger partial charge < -0.3 is 14.9 Å². The maximum Gasteiger partial charge on any atom is 0.433 e. The summed E-state index contributed by atoms with van der Waals surface area (Å²) in [6, 6.07) is 5.01. The molecule has 200 valence electrons. The molecule has 1 unspecified atom stereocenters. The molecule has 0 saturated carbocycles.